The first-order chi connectivity index (χ1) is 9.74. The highest BCUT2D eigenvalue weighted by molar-refractivity contribution is 5.95. The molecule has 0 saturated heterocycles. The van der Waals surface area contributed by atoms with E-state index in [1.165, 1.54) is 5.56 Å². The number of hydrogen-bond acceptors (Lipinski definition) is 3. The first-order valence-corrected chi connectivity index (χ1v) is 6.81. The Bertz CT molecular complexity index is 625. The van der Waals surface area contributed by atoms with Crippen molar-refractivity contribution in [3.63, 3.8) is 0 Å². The lowest BCUT2D eigenvalue weighted by atomic mass is 10.1. The highest BCUT2D eigenvalue weighted by Gasteiger charge is 2.15. The molecule has 3 rings (SSSR count). The Labute approximate surface area is 118 Å². The van der Waals surface area contributed by atoms with Crippen LogP contribution < -0.4 is 10.6 Å². The van der Waals surface area contributed by atoms with E-state index in [0.717, 1.165) is 24.2 Å². The molecule has 0 saturated carbocycles. The molecule has 1 atom stereocenters. The summed E-state index contributed by atoms with van der Waals surface area (Å²) in [5.74, 6) is -0.0380. The monoisotopic (exact) mass is 267 g/mol. The normalized spacial score (nSPS) is 14.2. The van der Waals surface area contributed by atoms with E-state index >= 15 is 0 Å². The van der Waals surface area contributed by atoms with Crippen molar-refractivity contribution in [2.24, 2.45) is 0 Å². The van der Waals surface area contributed by atoms with Gasteiger partial charge >= 0.3 is 0 Å². The van der Waals surface area contributed by atoms with Gasteiger partial charge in [0.25, 0.3) is 5.91 Å². The predicted octanol–water partition coefficient (Wildman–Crippen LogP) is 2.54. The summed E-state index contributed by atoms with van der Waals surface area (Å²) in [6.45, 7) is 2.93. The average molecular weight is 267 g/mol. The standard InChI is InChI=1S/C16H17N3O/c1-11(12-4-7-17-8-5-12)19-16(20)14-2-3-15-13(10-14)6-9-18-15/h2-5,7-8,10-11,18H,6,9H2,1H3,(H,19,20)/t11-/m0/s1. The Balaban J connectivity index is 1.73. The molecule has 0 fully saturated rings. The molecular weight excluding hydrogens is 250 g/mol. The molecule has 0 bridgehead atoms. The zero-order valence-electron chi connectivity index (χ0n) is 11.4. The van der Waals surface area contributed by atoms with Crippen LogP contribution in [-0.4, -0.2) is 17.4 Å². The van der Waals surface area contributed by atoms with Crippen LogP contribution in [0.5, 0.6) is 0 Å². The molecule has 4 heteroatoms. The smallest absolute Gasteiger partial charge is 0.251 e. The lowest BCUT2D eigenvalue weighted by molar-refractivity contribution is 0.0940. The molecule has 20 heavy (non-hydrogen) atoms. The van der Waals surface area contributed by atoms with Crippen LogP contribution in [0.1, 0.15) is 34.5 Å². The van der Waals surface area contributed by atoms with Crippen molar-refractivity contribution in [3.8, 4) is 0 Å². The number of nitrogens with zero attached hydrogens (tertiary/aromatic N) is 1. The van der Waals surface area contributed by atoms with Gasteiger partial charge in [0.1, 0.15) is 0 Å². The Morgan fingerprint density at radius 2 is 2.10 bits per heavy atom. The minimum Gasteiger partial charge on any atom is -0.384 e. The van der Waals surface area contributed by atoms with Crippen molar-refractivity contribution in [3.05, 3.63) is 59.4 Å². The van der Waals surface area contributed by atoms with Crippen LogP contribution in [0.25, 0.3) is 0 Å². The van der Waals surface area contributed by atoms with E-state index in [1.807, 2.05) is 37.3 Å². The number of pyridine rings is 1. The number of rotatable bonds is 3. The summed E-state index contributed by atoms with van der Waals surface area (Å²) in [7, 11) is 0. The maximum atomic E-state index is 12.3. The third-order valence-electron chi connectivity index (χ3n) is 3.63. The zero-order valence-corrected chi connectivity index (χ0v) is 11.4. The van der Waals surface area contributed by atoms with Gasteiger partial charge in [-0.1, -0.05) is 0 Å². The van der Waals surface area contributed by atoms with Gasteiger partial charge in [0.15, 0.2) is 0 Å². The van der Waals surface area contributed by atoms with Gasteiger partial charge in [-0.25, -0.2) is 0 Å². The summed E-state index contributed by atoms with van der Waals surface area (Å²) in [5.41, 5.74) is 4.13. The molecular formula is C16H17N3O. The van der Waals surface area contributed by atoms with E-state index in [-0.39, 0.29) is 11.9 Å². The number of hydrogen-bond donors (Lipinski definition) is 2. The highest BCUT2D eigenvalue weighted by atomic mass is 16.1. The van der Waals surface area contributed by atoms with Crippen LogP contribution in [0.2, 0.25) is 0 Å². The molecule has 2 N–H and O–H groups in total. The molecule has 1 aliphatic heterocycles. The minimum atomic E-state index is -0.0380. The molecule has 0 spiro atoms. The molecule has 102 valence electrons. The van der Waals surface area contributed by atoms with E-state index in [4.69, 9.17) is 0 Å². The van der Waals surface area contributed by atoms with Gasteiger partial charge in [0.05, 0.1) is 6.04 Å². The maximum absolute atomic E-state index is 12.3. The fourth-order valence-corrected chi connectivity index (χ4v) is 2.46. The number of benzene rings is 1. The molecule has 0 radical (unpaired) electrons. The molecule has 1 aromatic carbocycles. The van der Waals surface area contributed by atoms with Gasteiger partial charge in [0, 0.05) is 30.2 Å². The molecule has 0 aliphatic carbocycles. The topological polar surface area (TPSA) is 54.0 Å². The number of nitrogens with one attached hydrogen (secondary N) is 2. The molecule has 1 amide bonds. The molecule has 0 unspecified atom stereocenters. The summed E-state index contributed by atoms with van der Waals surface area (Å²) in [6.07, 6.45) is 4.45. The summed E-state index contributed by atoms with van der Waals surface area (Å²) in [4.78, 5) is 16.3. The van der Waals surface area contributed by atoms with E-state index in [2.05, 4.69) is 15.6 Å². The van der Waals surface area contributed by atoms with Gasteiger partial charge in [-0.05, 0) is 54.8 Å². The van der Waals surface area contributed by atoms with E-state index in [1.54, 1.807) is 12.4 Å². The van der Waals surface area contributed by atoms with Crippen LogP contribution in [0.15, 0.2) is 42.7 Å². The van der Waals surface area contributed by atoms with Crippen LogP contribution in [-0.2, 0) is 6.42 Å². The summed E-state index contributed by atoms with van der Waals surface area (Å²) in [5, 5.41) is 6.31. The number of anilines is 1. The highest BCUT2D eigenvalue weighted by Crippen LogP contribution is 2.23. The summed E-state index contributed by atoms with van der Waals surface area (Å²) < 4.78 is 0. The van der Waals surface area contributed by atoms with Crippen molar-refractivity contribution in [2.45, 2.75) is 19.4 Å². The second kappa shape index (κ2) is 5.33. The lowest BCUT2D eigenvalue weighted by Crippen LogP contribution is -2.26. The second-order valence-corrected chi connectivity index (χ2v) is 5.02. The van der Waals surface area contributed by atoms with Gasteiger partial charge in [0.2, 0.25) is 0 Å². The Morgan fingerprint density at radius 3 is 2.90 bits per heavy atom. The Morgan fingerprint density at radius 1 is 1.30 bits per heavy atom. The van der Waals surface area contributed by atoms with E-state index in [9.17, 15) is 4.79 Å². The average Bonchev–Trinajstić information content (AvgIpc) is 2.95. The lowest BCUT2D eigenvalue weighted by Gasteiger charge is -2.14. The first-order valence-electron chi connectivity index (χ1n) is 6.81. The van der Waals surface area contributed by atoms with Gasteiger partial charge in [-0.2, -0.15) is 0 Å². The van der Waals surface area contributed by atoms with Crippen molar-refractivity contribution in [2.75, 3.05) is 11.9 Å². The van der Waals surface area contributed by atoms with Crippen molar-refractivity contribution >= 4 is 11.6 Å². The molecule has 1 aromatic heterocycles. The summed E-state index contributed by atoms with van der Waals surface area (Å²) >= 11 is 0. The van der Waals surface area contributed by atoms with E-state index < -0.39 is 0 Å². The van der Waals surface area contributed by atoms with Crippen molar-refractivity contribution < 1.29 is 4.79 Å². The molecule has 1 aliphatic rings. The number of fused-ring (bicyclic) bond motifs is 1. The van der Waals surface area contributed by atoms with Gasteiger partial charge in [-0.15, -0.1) is 0 Å². The second-order valence-electron chi connectivity index (χ2n) is 5.02. The quantitative estimate of drug-likeness (QED) is 0.898. The number of amides is 1. The maximum Gasteiger partial charge on any atom is 0.251 e. The Hall–Kier alpha value is -2.36. The van der Waals surface area contributed by atoms with Crippen LogP contribution in [0, 0.1) is 0 Å². The zero-order chi connectivity index (χ0) is 13.9. The number of aromatic nitrogens is 1. The number of carbonyl (C=O) groups is 1. The molecule has 4 nitrogen and oxygen atoms in total. The molecule has 2 heterocycles. The number of carbonyl (C=O) groups excluding carboxylic acids is 1. The third kappa shape index (κ3) is 2.50. The first kappa shape index (κ1) is 12.7. The largest absolute Gasteiger partial charge is 0.384 e. The van der Waals surface area contributed by atoms with Gasteiger partial charge < -0.3 is 10.6 Å². The minimum absolute atomic E-state index is 0.0307. The van der Waals surface area contributed by atoms with Gasteiger partial charge in [-0.3, -0.25) is 9.78 Å². The van der Waals surface area contributed by atoms with Crippen LogP contribution in [0.3, 0.4) is 0 Å². The fraction of sp³-hybridized carbons (Fsp3) is 0.250. The van der Waals surface area contributed by atoms with Crippen LogP contribution in [0.4, 0.5) is 5.69 Å². The SMILES string of the molecule is C[C@H](NC(=O)c1ccc2c(c1)CCN2)c1ccncc1. The fourth-order valence-electron chi connectivity index (χ4n) is 2.46. The molecule has 2 aromatic rings. The summed E-state index contributed by atoms with van der Waals surface area (Å²) in [6, 6.07) is 9.62. The Kier molecular flexibility index (Phi) is 3.37. The van der Waals surface area contributed by atoms with E-state index in [0.29, 0.717) is 5.56 Å². The predicted molar refractivity (Wildman–Crippen MR) is 78.8 cm³/mol. The van der Waals surface area contributed by atoms with Crippen molar-refractivity contribution in [1.29, 1.82) is 0 Å². The van der Waals surface area contributed by atoms with Crippen molar-refractivity contribution in [1.82, 2.24) is 10.3 Å². The van der Waals surface area contributed by atoms with Crippen LogP contribution >= 0.6 is 0 Å². The third-order valence-corrected chi connectivity index (χ3v) is 3.63.